The molecule has 1 amide bonds. The second-order valence-electron chi connectivity index (χ2n) is 6.11. The quantitative estimate of drug-likeness (QED) is 0.776. The van der Waals surface area contributed by atoms with Crippen molar-refractivity contribution in [3.63, 3.8) is 0 Å². The van der Waals surface area contributed by atoms with Crippen LogP contribution in [0, 0.1) is 13.8 Å². The van der Waals surface area contributed by atoms with Crippen molar-refractivity contribution in [3.05, 3.63) is 33.2 Å². The summed E-state index contributed by atoms with van der Waals surface area (Å²) in [4.78, 5) is 26.9. The largest absolute Gasteiger partial charge is 0.347 e. The summed E-state index contributed by atoms with van der Waals surface area (Å²) in [6.07, 6.45) is 1.31. The van der Waals surface area contributed by atoms with Crippen LogP contribution in [0.3, 0.4) is 0 Å². The molecular formula is C16H22N2O4. The van der Waals surface area contributed by atoms with Crippen molar-refractivity contribution in [3.8, 4) is 0 Å². The normalized spacial score (nSPS) is 20.6. The summed E-state index contributed by atoms with van der Waals surface area (Å²) in [6.45, 7) is 6.01. The van der Waals surface area contributed by atoms with E-state index in [9.17, 15) is 9.59 Å². The first-order chi connectivity index (χ1) is 10.4. The lowest BCUT2D eigenvalue weighted by molar-refractivity contribution is -0.181. The number of rotatable bonds is 1. The smallest absolute Gasteiger partial charge is 0.263 e. The number of pyridine rings is 1. The Morgan fingerprint density at radius 1 is 1.18 bits per heavy atom. The van der Waals surface area contributed by atoms with Gasteiger partial charge in [0, 0.05) is 38.7 Å². The number of aromatic nitrogens is 1. The minimum atomic E-state index is -0.510. The fourth-order valence-corrected chi connectivity index (χ4v) is 3.23. The number of likely N-dealkylation sites (tertiary alicyclic amines) is 1. The van der Waals surface area contributed by atoms with Crippen molar-refractivity contribution in [2.24, 2.45) is 7.05 Å². The first-order valence-electron chi connectivity index (χ1n) is 7.68. The molecule has 3 rings (SSSR count). The molecule has 2 fully saturated rings. The summed E-state index contributed by atoms with van der Waals surface area (Å²) in [6, 6.07) is 1.88. The lowest BCUT2D eigenvalue weighted by Crippen LogP contribution is -2.48. The number of nitrogens with zero attached hydrogens (tertiary/aromatic N) is 2. The molecular weight excluding hydrogens is 284 g/mol. The second-order valence-corrected chi connectivity index (χ2v) is 6.11. The first kappa shape index (κ1) is 15.2. The van der Waals surface area contributed by atoms with Gasteiger partial charge < -0.3 is 18.9 Å². The molecule has 120 valence electrons. The average molecular weight is 306 g/mol. The van der Waals surface area contributed by atoms with Crippen LogP contribution in [-0.4, -0.2) is 47.5 Å². The van der Waals surface area contributed by atoms with E-state index in [1.165, 1.54) is 4.57 Å². The van der Waals surface area contributed by atoms with Gasteiger partial charge in [0.25, 0.3) is 11.5 Å². The number of aryl methyl sites for hydroxylation is 2. The predicted molar refractivity (Wildman–Crippen MR) is 80.9 cm³/mol. The molecule has 0 aliphatic carbocycles. The summed E-state index contributed by atoms with van der Waals surface area (Å²) in [7, 11) is 1.69. The molecule has 6 nitrogen and oxygen atoms in total. The van der Waals surface area contributed by atoms with Crippen molar-refractivity contribution >= 4 is 5.91 Å². The monoisotopic (exact) mass is 306 g/mol. The molecule has 0 saturated carbocycles. The highest BCUT2D eigenvalue weighted by molar-refractivity contribution is 5.95. The number of carbonyl (C=O) groups is 1. The van der Waals surface area contributed by atoms with Crippen molar-refractivity contribution in [1.29, 1.82) is 0 Å². The first-order valence-corrected chi connectivity index (χ1v) is 7.68. The van der Waals surface area contributed by atoms with Crippen LogP contribution in [0.1, 0.15) is 34.5 Å². The molecule has 1 aromatic rings. The summed E-state index contributed by atoms with van der Waals surface area (Å²) in [5.74, 6) is -0.699. The highest BCUT2D eigenvalue weighted by Crippen LogP contribution is 2.31. The van der Waals surface area contributed by atoms with Crippen LogP contribution in [0.25, 0.3) is 0 Å². The van der Waals surface area contributed by atoms with E-state index in [0.29, 0.717) is 39.1 Å². The predicted octanol–water partition coefficient (Wildman–Crippen LogP) is 0.981. The third-order valence-electron chi connectivity index (χ3n) is 4.71. The van der Waals surface area contributed by atoms with Crippen LogP contribution in [0.15, 0.2) is 10.9 Å². The molecule has 0 atom stereocenters. The number of piperidine rings is 1. The maximum atomic E-state index is 12.7. The summed E-state index contributed by atoms with van der Waals surface area (Å²) >= 11 is 0. The molecule has 6 heteroatoms. The molecule has 0 unspecified atom stereocenters. The van der Waals surface area contributed by atoms with Crippen molar-refractivity contribution < 1.29 is 14.3 Å². The Hall–Kier alpha value is -1.66. The molecule has 0 aromatic carbocycles. The Balaban J connectivity index is 1.81. The van der Waals surface area contributed by atoms with E-state index in [-0.39, 0.29) is 17.0 Å². The van der Waals surface area contributed by atoms with Crippen LogP contribution in [0.5, 0.6) is 0 Å². The van der Waals surface area contributed by atoms with Gasteiger partial charge in [-0.3, -0.25) is 9.59 Å². The molecule has 1 aromatic heterocycles. The minimum Gasteiger partial charge on any atom is -0.347 e. The third kappa shape index (κ3) is 2.46. The number of carbonyl (C=O) groups excluding carboxylic acids is 1. The molecule has 0 radical (unpaired) electrons. The lowest BCUT2D eigenvalue weighted by atomic mass is 10.0. The Kier molecular flexibility index (Phi) is 3.82. The number of amides is 1. The van der Waals surface area contributed by atoms with Gasteiger partial charge >= 0.3 is 0 Å². The van der Waals surface area contributed by atoms with Gasteiger partial charge in [-0.15, -0.1) is 0 Å². The Labute approximate surface area is 129 Å². The zero-order valence-corrected chi connectivity index (χ0v) is 13.3. The van der Waals surface area contributed by atoms with E-state index < -0.39 is 5.79 Å². The van der Waals surface area contributed by atoms with Crippen LogP contribution in [0.2, 0.25) is 0 Å². The molecule has 0 N–H and O–H groups in total. The number of ether oxygens (including phenoxy) is 2. The fourth-order valence-electron chi connectivity index (χ4n) is 3.23. The van der Waals surface area contributed by atoms with E-state index in [4.69, 9.17) is 9.47 Å². The second kappa shape index (κ2) is 5.52. The Morgan fingerprint density at radius 3 is 2.36 bits per heavy atom. The molecule has 2 aliphatic rings. The Morgan fingerprint density at radius 2 is 1.77 bits per heavy atom. The molecule has 1 spiro atoms. The summed E-state index contributed by atoms with van der Waals surface area (Å²) in [5.41, 5.74) is 1.64. The average Bonchev–Trinajstić information content (AvgIpc) is 2.94. The number of hydrogen-bond donors (Lipinski definition) is 0. The number of hydrogen-bond acceptors (Lipinski definition) is 4. The highest BCUT2D eigenvalue weighted by atomic mass is 16.7. The molecule has 2 saturated heterocycles. The van der Waals surface area contributed by atoms with E-state index in [2.05, 4.69) is 0 Å². The molecule has 2 aliphatic heterocycles. The van der Waals surface area contributed by atoms with Crippen molar-refractivity contribution in [1.82, 2.24) is 9.47 Å². The lowest BCUT2D eigenvalue weighted by Gasteiger charge is -2.37. The van der Waals surface area contributed by atoms with Crippen molar-refractivity contribution in [2.75, 3.05) is 26.3 Å². The molecule has 3 heterocycles. The van der Waals surface area contributed by atoms with Gasteiger partial charge in [-0.1, -0.05) is 0 Å². The van der Waals surface area contributed by atoms with Crippen molar-refractivity contribution in [2.45, 2.75) is 32.5 Å². The molecule has 0 bridgehead atoms. The summed E-state index contributed by atoms with van der Waals surface area (Å²) < 4.78 is 12.9. The van der Waals surface area contributed by atoms with Gasteiger partial charge in [-0.25, -0.2) is 0 Å². The summed E-state index contributed by atoms with van der Waals surface area (Å²) in [5, 5.41) is 0. The van der Waals surface area contributed by atoms with E-state index in [1.807, 2.05) is 19.9 Å². The highest BCUT2D eigenvalue weighted by Gasteiger charge is 2.41. The van der Waals surface area contributed by atoms with Crippen LogP contribution < -0.4 is 5.56 Å². The van der Waals surface area contributed by atoms with Gasteiger partial charge in [-0.05, 0) is 25.5 Å². The van der Waals surface area contributed by atoms with Crippen LogP contribution >= 0.6 is 0 Å². The van der Waals surface area contributed by atoms with E-state index >= 15 is 0 Å². The zero-order chi connectivity index (χ0) is 15.9. The maximum absolute atomic E-state index is 12.7. The Bertz CT molecular complexity index is 649. The van der Waals surface area contributed by atoms with Gasteiger partial charge in [0.15, 0.2) is 5.79 Å². The van der Waals surface area contributed by atoms with E-state index in [0.717, 1.165) is 11.3 Å². The van der Waals surface area contributed by atoms with Gasteiger partial charge in [0.2, 0.25) is 0 Å². The fraction of sp³-hybridized carbons (Fsp3) is 0.625. The van der Waals surface area contributed by atoms with Gasteiger partial charge in [-0.2, -0.15) is 0 Å². The third-order valence-corrected chi connectivity index (χ3v) is 4.71. The topological polar surface area (TPSA) is 60.8 Å². The maximum Gasteiger partial charge on any atom is 0.263 e. The zero-order valence-electron chi connectivity index (χ0n) is 13.3. The minimum absolute atomic E-state index is 0.189. The van der Waals surface area contributed by atoms with Crippen LogP contribution in [-0.2, 0) is 16.5 Å². The van der Waals surface area contributed by atoms with Crippen LogP contribution in [0.4, 0.5) is 0 Å². The van der Waals surface area contributed by atoms with Gasteiger partial charge in [0.1, 0.15) is 5.56 Å². The molecule has 22 heavy (non-hydrogen) atoms. The van der Waals surface area contributed by atoms with E-state index in [1.54, 1.807) is 11.9 Å². The van der Waals surface area contributed by atoms with Gasteiger partial charge in [0.05, 0.1) is 13.2 Å². The SMILES string of the molecule is Cc1cc(C)n(C)c(=O)c1C(=O)N1CCC2(CC1)OCCO2. The standard InChI is InChI=1S/C16H22N2O4/c1-11-10-12(2)17(3)14(19)13(11)15(20)18-6-4-16(5-7-18)21-8-9-22-16/h10H,4-9H2,1-3H3.